The van der Waals surface area contributed by atoms with Crippen LogP contribution in [0.3, 0.4) is 0 Å². The van der Waals surface area contributed by atoms with Gasteiger partial charge in [-0.1, -0.05) is 178 Å². The third kappa shape index (κ3) is 44.6. The molecular weight excluding hydrogens is 711 g/mol. The van der Waals surface area contributed by atoms with Crippen LogP contribution in [0.15, 0.2) is 48.6 Å². The topological polar surface area (TPSA) is 119 Å². The molecule has 0 aliphatic carbocycles. The molecule has 55 heavy (non-hydrogen) atoms. The predicted octanol–water partition coefficient (Wildman–Crippen LogP) is 13.9. The number of phosphoric ester groups is 1. The van der Waals surface area contributed by atoms with Gasteiger partial charge < -0.3 is 19.3 Å². The van der Waals surface area contributed by atoms with Crippen molar-refractivity contribution in [2.24, 2.45) is 0 Å². The van der Waals surface area contributed by atoms with Gasteiger partial charge >= 0.3 is 19.8 Å². The van der Waals surface area contributed by atoms with Crippen LogP contribution in [0.2, 0.25) is 0 Å². The normalized spacial score (nSPS) is 12.9. The number of rotatable bonds is 41. The first kappa shape index (κ1) is 53.0. The Hall–Kier alpha value is -1.99. The lowest BCUT2D eigenvalue weighted by atomic mass is 10.0. The minimum Gasteiger partial charge on any atom is -0.462 e. The summed E-state index contributed by atoms with van der Waals surface area (Å²) >= 11 is 0. The zero-order chi connectivity index (χ0) is 40.3. The quantitative estimate of drug-likeness (QED) is 0.0272. The summed E-state index contributed by atoms with van der Waals surface area (Å²) in [5.74, 6) is -0.949. The number of unbranched alkanes of at least 4 members (excludes halogenated alkanes) is 23. The molecule has 0 radical (unpaired) electrons. The van der Waals surface area contributed by atoms with Gasteiger partial charge in [-0.25, -0.2) is 4.57 Å². The first-order valence-electron chi connectivity index (χ1n) is 22.4. The van der Waals surface area contributed by atoms with E-state index in [9.17, 15) is 14.2 Å². The van der Waals surface area contributed by atoms with E-state index in [0.717, 1.165) is 70.6 Å². The summed E-state index contributed by atoms with van der Waals surface area (Å²) in [5, 5.41) is 0. The highest BCUT2D eigenvalue weighted by Crippen LogP contribution is 2.36. The van der Waals surface area contributed by atoms with Crippen molar-refractivity contribution < 1.29 is 37.9 Å². The van der Waals surface area contributed by atoms with E-state index in [4.69, 9.17) is 19.3 Å². The molecule has 0 unspecified atom stereocenters. The monoisotopic (exact) mass is 795 g/mol. The molecule has 0 aromatic rings. The minimum absolute atomic E-state index is 0.148. The van der Waals surface area contributed by atoms with Crippen molar-refractivity contribution in [3.63, 3.8) is 0 Å². The standard InChI is InChI=1S/C46H83O8P/c1-3-5-7-9-11-13-15-17-19-20-21-22-23-24-25-26-27-29-31-33-35-37-39-41-46(48)54-44(43-53-55(49,50)51)42-52-45(47)40-38-36-34-32-30-28-18-16-14-12-10-8-6-4-2/h10,12,16,18,26-27,33,35,44H,3-9,11,13-15,17,19-25,28-32,34,36-43H2,1-2H3,(H2,49,50,51)/b12-10+,18-16+,27-26+,35-33+/t44-/m1/s1. The Morgan fingerprint density at radius 2 is 0.873 bits per heavy atom. The highest BCUT2D eigenvalue weighted by Gasteiger charge is 2.22. The number of hydrogen-bond acceptors (Lipinski definition) is 6. The molecule has 1 atom stereocenters. The van der Waals surface area contributed by atoms with Gasteiger partial charge in [-0.3, -0.25) is 14.1 Å². The van der Waals surface area contributed by atoms with E-state index < -0.39 is 32.5 Å². The third-order valence-electron chi connectivity index (χ3n) is 9.55. The van der Waals surface area contributed by atoms with E-state index >= 15 is 0 Å². The van der Waals surface area contributed by atoms with Gasteiger partial charge in [0, 0.05) is 12.8 Å². The molecule has 0 aromatic heterocycles. The Balaban J connectivity index is 3.93. The second kappa shape index (κ2) is 41.6. The lowest BCUT2D eigenvalue weighted by molar-refractivity contribution is -0.161. The summed E-state index contributed by atoms with van der Waals surface area (Å²) in [5.41, 5.74) is 0. The van der Waals surface area contributed by atoms with Crippen molar-refractivity contribution in [3.05, 3.63) is 48.6 Å². The molecule has 0 saturated heterocycles. The number of ether oxygens (including phenoxy) is 2. The third-order valence-corrected chi connectivity index (χ3v) is 10.0. The van der Waals surface area contributed by atoms with Crippen LogP contribution in [0.1, 0.15) is 213 Å². The van der Waals surface area contributed by atoms with Gasteiger partial charge in [-0.15, -0.1) is 0 Å². The number of hydrogen-bond donors (Lipinski definition) is 2. The summed E-state index contributed by atoms with van der Waals surface area (Å²) in [6, 6.07) is 0. The Labute approximate surface area is 337 Å². The van der Waals surface area contributed by atoms with Gasteiger partial charge in [0.2, 0.25) is 0 Å². The lowest BCUT2D eigenvalue weighted by Crippen LogP contribution is -2.29. The van der Waals surface area contributed by atoms with Crippen LogP contribution >= 0.6 is 7.82 Å². The van der Waals surface area contributed by atoms with Crippen molar-refractivity contribution in [1.82, 2.24) is 0 Å². The summed E-state index contributed by atoms with van der Waals surface area (Å²) in [6.07, 6.45) is 51.4. The summed E-state index contributed by atoms with van der Waals surface area (Å²) in [7, 11) is -4.77. The molecule has 0 rings (SSSR count). The largest absolute Gasteiger partial charge is 0.469 e. The summed E-state index contributed by atoms with van der Waals surface area (Å²) in [4.78, 5) is 42.8. The van der Waals surface area contributed by atoms with Crippen LogP contribution in [-0.4, -0.2) is 41.0 Å². The van der Waals surface area contributed by atoms with E-state index in [1.165, 1.54) is 103 Å². The maximum absolute atomic E-state index is 12.4. The molecule has 0 spiro atoms. The molecule has 9 heteroatoms. The number of allylic oxidation sites excluding steroid dienone is 8. The molecule has 0 saturated carbocycles. The second-order valence-corrected chi connectivity index (χ2v) is 16.2. The summed E-state index contributed by atoms with van der Waals surface area (Å²) in [6.45, 7) is 3.61. The van der Waals surface area contributed by atoms with Crippen molar-refractivity contribution in [1.29, 1.82) is 0 Å². The van der Waals surface area contributed by atoms with Gasteiger partial charge in [0.25, 0.3) is 0 Å². The zero-order valence-electron chi connectivity index (χ0n) is 35.3. The van der Waals surface area contributed by atoms with Crippen LogP contribution in [0, 0.1) is 0 Å². The molecule has 0 aromatic carbocycles. The Morgan fingerprint density at radius 3 is 1.38 bits per heavy atom. The van der Waals surface area contributed by atoms with Crippen LogP contribution in [-0.2, 0) is 28.2 Å². The predicted molar refractivity (Wildman–Crippen MR) is 230 cm³/mol. The molecule has 320 valence electrons. The first-order valence-corrected chi connectivity index (χ1v) is 24.0. The average Bonchev–Trinajstić information content (AvgIpc) is 3.16. The van der Waals surface area contributed by atoms with Gasteiger partial charge in [0.15, 0.2) is 6.10 Å². The number of carbonyl (C=O) groups is 2. The molecule has 8 nitrogen and oxygen atoms in total. The molecule has 0 heterocycles. The summed E-state index contributed by atoms with van der Waals surface area (Å²) < 4.78 is 26.4. The molecule has 2 N–H and O–H groups in total. The maximum Gasteiger partial charge on any atom is 0.469 e. The van der Waals surface area contributed by atoms with Crippen molar-refractivity contribution in [3.8, 4) is 0 Å². The van der Waals surface area contributed by atoms with Crippen LogP contribution in [0.5, 0.6) is 0 Å². The zero-order valence-corrected chi connectivity index (χ0v) is 36.2. The highest BCUT2D eigenvalue weighted by atomic mass is 31.2. The molecule has 0 aliphatic heterocycles. The maximum atomic E-state index is 12.4. The van der Waals surface area contributed by atoms with Crippen LogP contribution in [0.4, 0.5) is 0 Å². The van der Waals surface area contributed by atoms with Crippen LogP contribution in [0.25, 0.3) is 0 Å². The lowest BCUT2D eigenvalue weighted by Gasteiger charge is -2.18. The Bertz CT molecular complexity index is 1030. The average molecular weight is 795 g/mol. The minimum atomic E-state index is -4.77. The smallest absolute Gasteiger partial charge is 0.462 e. The van der Waals surface area contributed by atoms with E-state index in [0.29, 0.717) is 12.8 Å². The molecule has 0 amide bonds. The fourth-order valence-corrected chi connectivity index (χ4v) is 6.54. The van der Waals surface area contributed by atoms with Crippen LogP contribution < -0.4 is 0 Å². The van der Waals surface area contributed by atoms with E-state index in [1.807, 2.05) is 0 Å². The molecule has 0 aliphatic rings. The van der Waals surface area contributed by atoms with Gasteiger partial charge in [-0.2, -0.15) is 0 Å². The second-order valence-electron chi connectivity index (χ2n) is 15.0. The van der Waals surface area contributed by atoms with Crippen molar-refractivity contribution >= 4 is 19.8 Å². The number of esters is 2. The van der Waals surface area contributed by atoms with Gasteiger partial charge in [0.05, 0.1) is 6.61 Å². The fraction of sp³-hybridized carbons (Fsp3) is 0.783. The van der Waals surface area contributed by atoms with Gasteiger partial charge in [0.1, 0.15) is 6.61 Å². The fourth-order valence-electron chi connectivity index (χ4n) is 6.17. The Morgan fingerprint density at radius 1 is 0.473 bits per heavy atom. The number of phosphoric acid groups is 1. The molecule has 0 bridgehead atoms. The van der Waals surface area contributed by atoms with Crippen molar-refractivity contribution in [2.75, 3.05) is 13.2 Å². The van der Waals surface area contributed by atoms with E-state index in [2.05, 4.69) is 67.0 Å². The van der Waals surface area contributed by atoms with Crippen molar-refractivity contribution in [2.45, 2.75) is 219 Å². The van der Waals surface area contributed by atoms with E-state index in [1.54, 1.807) is 0 Å². The molecule has 0 fully saturated rings. The Kier molecular flexibility index (Phi) is 40.1. The molecular formula is C46H83O8P. The highest BCUT2D eigenvalue weighted by molar-refractivity contribution is 7.46. The number of carbonyl (C=O) groups excluding carboxylic acids is 2. The van der Waals surface area contributed by atoms with E-state index in [-0.39, 0.29) is 19.4 Å². The first-order chi connectivity index (χ1) is 26.8. The SMILES string of the molecule is CCCC/C=C/C/C=C/CCCCCCCC(=O)OC[C@H](COP(=O)(O)O)OC(=O)CCC/C=C/CC/C=C/CCCCCCCCCCCCCCCC. The van der Waals surface area contributed by atoms with Gasteiger partial charge in [-0.05, 0) is 70.6 Å².